The number of nitrogens with one attached hydrogen (secondary N) is 1. The molecule has 180 valence electrons. The third kappa shape index (κ3) is 4.35. The molecule has 4 heterocycles. The lowest BCUT2D eigenvalue weighted by atomic mass is 9.77. The van der Waals surface area contributed by atoms with Gasteiger partial charge in [-0.25, -0.2) is 9.97 Å². The van der Waals surface area contributed by atoms with Gasteiger partial charge in [-0.3, -0.25) is 4.21 Å². The van der Waals surface area contributed by atoms with Crippen LogP contribution in [0.2, 0.25) is 0 Å². The maximum absolute atomic E-state index is 12.8. The zero-order chi connectivity index (χ0) is 23.2. The van der Waals surface area contributed by atoms with Crippen molar-refractivity contribution < 1.29 is 25.7 Å². The van der Waals surface area contributed by atoms with Gasteiger partial charge in [-0.1, -0.05) is 0 Å². The second-order valence-electron chi connectivity index (χ2n) is 8.48. The van der Waals surface area contributed by atoms with Gasteiger partial charge < -0.3 is 20.1 Å². The average Bonchev–Trinajstić information content (AvgIpc) is 3.17. The summed E-state index contributed by atoms with van der Waals surface area (Å²) in [4.78, 5) is 18.6. The molecule has 0 amide bonds. The molecule has 3 aliphatic rings. The zero-order valence-corrected chi connectivity index (χ0v) is 19.2. The number of aliphatic hydroxyl groups excluding tert-OH is 1. The van der Waals surface area contributed by atoms with E-state index in [1.54, 1.807) is 0 Å². The van der Waals surface area contributed by atoms with Crippen LogP contribution in [0.15, 0.2) is 22.2 Å². The topological polar surface area (TPSA) is 113 Å². The molecule has 1 unspecified atom stereocenters. The van der Waals surface area contributed by atoms with Crippen molar-refractivity contribution in [2.24, 2.45) is 0 Å². The fourth-order valence-electron chi connectivity index (χ4n) is 4.29. The molecule has 0 aromatic carbocycles. The van der Waals surface area contributed by atoms with Gasteiger partial charge in [0, 0.05) is 19.0 Å². The van der Waals surface area contributed by atoms with Gasteiger partial charge in [0.25, 0.3) is 0 Å². The summed E-state index contributed by atoms with van der Waals surface area (Å²) in [5.41, 5.74) is -0.471. The Balaban J connectivity index is 1.32. The maximum Gasteiger partial charge on any atom is 0.240 e. The van der Waals surface area contributed by atoms with Gasteiger partial charge >= 0.3 is 0 Å². The van der Waals surface area contributed by atoms with Crippen LogP contribution in [0.5, 0.6) is 5.88 Å². The fourth-order valence-corrected chi connectivity index (χ4v) is 5.58. The number of halogens is 3. The van der Waals surface area contributed by atoms with E-state index in [4.69, 9.17) is 4.74 Å². The summed E-state index contributed by atoms with van der Waals surface area (Å²) in [7, 11) is -1.38. The third-order valence-electron chi connectivity index (χ3n) is 6.41. The Bertz CT molecular complexity index is 1050. The Labute approximate surface area is 192 Å². The molecule has 1 aliphatic carbocycles. The molecule has 2 aromatic rings. The summed E-state index contributed by atoms with van der Waals surface area (Å²) in [5.74, 6) is 1.51. The Morgan fingerprint density at radius 1 is 1.21 bits per heavy atom. The van der Waals surface area contributed by atoms with E-state index in [0.717, 1.165) is 31.7 Å². The van der Waals surface area contributed by atoms with E-state index in [1.807, 2.05) is 4.90 Å². The van der Waals surface area contributed by atoms with Gasteiger partial charge in [0.2, 0.25) is 23.0 Å². The number of hydrogen-bond donors (Lipinski definition) is 2. The number of fused-ring (bicyclic) bond motifs is 1. The number of rotatable bonds is 6. The Morgan fingerprint density at radius 3 is 2.48 bits per heavy atom. The van der Waals surface area contributed by atoms with E-state index in [0.29, 0.717) is 48.4 Å². The quantitative estimate of drug-likeness (QED) is 0.612. The van der Waals surface area contributed by atoms with Crippen molar-refractivity contribution in [2.75, 3.05) is 35.9 Å². The van der Waals surface area contributed by atoms with Gasteiger partial charge in [-0.2, -0.15) is 9.97 Å². The van der Waals surface area contributed by atoms with Crippen LogP contribution in [0.25, 0.3) is 0 Å². The number of aliphatic hydroxyl groups is 1. The summed E-state index contributed by atoms with van der Waals surface area (Å²) >= 11 is -5.33. The highest BCUT2D eigenvalue weighted by atomic mass is 32.3. The average molecular weight is 505 g/mol. The number of aromatic nitrogens is 4. The molecule has 0 bridgehead atoms. The molecule has 14 heteroatoms. The molecule has 0 radical (unpaired) electrons. The van der Waals surface area contributed by atoms with Gasteiger partial charge in [-0.15, -0.1) is 11.7 Å². The van der Waals surface area contributed by atoms with Crippen molar-refractivity contribution in [3.8, 4) is 5.88 Å². The smallest absolute Gasteiger partial charge is 0.240 e. The number of nitrogens with zero attached hydrogens (tertiary/aromatic N) is 5. The van der Waals surface area contributed by atoms with E-state index in [9.17, 15) is 21.0 Å². The standard InChI is InChI=1S/C19H23F3N6O3S2/c20-33(21,22)13-8-23-15(24-9-13)12-2-6-28(7-3-12)18-25-16(27-19(10-29)4-1-5-19)14-17(26-18)31-11-32(14)30/h8-9,12,29H,1-7,10-11H2,(H,25,26,27). The molecule has 33 heavy (non-hydrogen) atoms. The first-order chi connectivity index (χ1) is 15.8. The minimum Gasteiger partial charge on any atom is -0.463 e. The largest absolute Gasteiger partial charge is 0.463 e. The Morgan fingerprint density at radius 2 is 1.91 bits per heavy atom. The second kappa shape index (κ2) is 8.55. The summed E-state index contributed by atoms with van der Waals surface area (Å²) in [5, 5.41) is 13.1. The van der Waals surface area contributed by atoms with E-state index < -0.39 is 32.4 Å². The number of anilines is 2. The molecule has 2 aromatic heterocycles. The van der Waals surface area contributed by atoms with Crippen molar-refractivity contribution in [3.05, 3.63) is 18.2 Å². The van der Waals surface area contributed by atoms with Gasteiger partial charge in [-0.05, 0) is 32.1 Å². The molecule has 2 N–H and O–H groups in total. The summed E-state index contributed by atoms with van der Waals surface area (Å²) in [6, 6.07) is 0. The molecule has 9 nitrogen and oxygen atoms in total. The molecular formula is C19H23F3N6O3S2. The van der Waals surface area contributed by atoms with Crippen LogP contribution in [0.3, 0.4) is 0 Å². The van der Waals surface area contributed by atoms with Crippen LogP contribution in [0.1, 0.15) is 43.8 Å². The predicted molar refractivity (Wildman–Crippen MR) is 117 cm³/mol. The van der Waals surface area contributed by atoms with Crippen LogP contribution in [-0.4, -0.2) is 60.4 Å². The number of piperidine rings is 1. The maximum atomic E-state index is 12.8. The molecule has 5 rings (SSSR count). The predicted octanol–water partition coefficient (Wildman–Crippen LogP) is 3.25. The van der Waals surface area contributed by atoms with E-state index in [-0.39, 0.29) is 24.3 Å². The van der Waals surface area contributed by atoms with Crippen molar-refractivity contribution in [1.29, 1.82) is 0 Å². The number of hydrogen-bond acceptors (Lipinski definition) is 9. The monoisotopic (exact) mass is 504 g/mol. The third-order valence-corrected chi connectivity index (χ3v) is 8.31. The SMILES string of the molecule is O=S1COc2nc(N3CCC(c4ncc(S(F)(F)F)cn4)CC3)nc(NC3(CO)CCC3)c21. The molecule has 1 atom stereocenters. The summed E-state index contributed by atoms with van der Waals surface area (Å²) in [6.45, 7) is 1.08. The van der Waals surface area contributed by atoms with E-state index >= 15 is 0 Å². The van der Waals surface area contributed by atoms with Crippen LogP contribution in [0.4, 0.5) is 23.4 Å². The second-order valence-corrected chi connectivity index (χ2v) is 11.1. The molecule has 1 saturated carbocycles. The van der Waals surface area contributed by atoms with E-state index in [2.05, 4.69) is 25.3 Å². The van der Waals surface area contributed by atoms with Crippen molar-refractivity contribution in [1.82, 2.24) is 19.9 Å². The lowest BCUT2D eigenvalue weighted by Crippen LogP contribution is -2.48. The molecule has 2 aliphatic heterocycles. The Hall–Kier alpha value is -2.19. The first-order valence-electron chi connectivity index (χ1n) is 10.6. The molecule has 1 saturated heterocycles. The van der Waals surface area contributed by atoms with Crippen molar-refractivity contribution >= 4 is 33.8 Å². The van der Waals surface area contributed by atoms with Crippen LogP contribution < -0.4 is 15.0 Å². The molecular weight excluding hydrogens is 481 g/mol. The lowest BCUT2D eigenvalue weighted by Gasteiger charge is -2.41. The highest BCUT2D eigenvalue weighted by molar-refractivity contribution is 8.20. The normalized spacial score (nSPS) is 22.9. The van der Waals surface area contributed by atoms with Crippen LogP contribution in [-0.2, 0) is 10.8 Å². The van der Waals surface area contributed by atoms with Gasteiger partial charge in [0.15, 0.2) is 11.8 Å². The lowest BCUT2D eigenvalue weighted by molar-refractivity contribution is 0.143. The summed E-state index contributed by atoms with van der Waals surface area (Å²) < 4.78 is 56.5. The van der Waals surface area contributed by atoms with Gasteiger partial charge in [0.05, 0.1) is 24.5 Å². The first-order valence-corrected chi connectivity index (χ1v) is 13.2. The summed E-state index contributed by atoms with van der Waals surface area (Å²) in [6.07, 6.45) is 5.58. The molecule has 2 fully saturated rings. The van der Waals surface area contributed by atoms with Crippen molar-refractivity contribution in [3.63, 3.8) is 0 Å². The highest BCUT2D eigenvalue weighted by Crippen LogP contribution is 2.60. The van der Waals surface area contributed by atoms with Crippen LogP contribution >= 0.6 is 11.2 Å². The minimum absolute atomic E-state index is 0.0172. The zero-order valence-electron chi connectivity index (χ0n) is 17.5. The van der Waals surface area contributed by atoms with Gasteiger partial charge in [0.1, 0.15) is 26.4 Å². The fraction of sp³-hybridized carbons (Fsp3) is 0.579. The first kappa shape index (κ1) is 22.6. The molecule has 0 spiro atoms. The number of ether oxygens (including phenoxy) is 1. The Kier molecular flexibility index (Phi) is 5.85. The highest BCUT2D eigenvalue weighted by Gasteiger charge is 2.40. The van der Waals surface area contributed by atoms with E-state index in [1.165, 1.54) is 0 Å². The minimum atomic E-state index is -5.33. The van der Waals surface area contributed by atoms with Crippen LogP contribution in [0, 0.1) is 0 Å². The van der Waals surface area contributed by atoms with Crippen molar-refractivity contribution in [2.45, 2.75) is 53.4 Å².